The van der Waals surface area contributed by atoms with E-state index in [1.807, 2.05) is 24.8 Å². The summed E-state index contributed by atoms with van der Waals surface area (Å²) in [6.07, 6.45) is 3.74. The normalized spacial score (nSPS) is 21.8. The molecule has 1 aromatic heterocycles. The molecule has 0 radical (unpaired) electrons. The fourth-order valence-corrected chi connectivity index (χ4v) is 3.86. The van der Waals surface area contributed by atoms with E-state index in [1.54, 1.807) is 6.07 Å². The van der Waals surface area contributed by atoms with Gasteiger partial charge in [-0.1, -0.05) is 13.3 Å². The summed E-state index contributed by atoms with van der Waals surface area (Å²) in [4.78, 5) is 16.0. The number of hydrogen-bond acceptors (Lipinski definition) is 5. The third-order valence-electron chi connectivity index (χ3n) is 3.66. The number of ether oxygens (including phenoxy) is 1. The Bertz CT molecular complexity index is 479. The van der Waals surface area contributed by atoms with Crippen LogP contribution in [0.5, 0.6) is 0 Å². The van der Waals surface area contributed by atoms with E-state index in [2.05, 4.69) is 17.2 Å². The molecule has 1 N–H and O–H groups in total. The second-order valence-corrected chi connectivity index (χ2v) is 6.51. The molecule has 0 spiro atoms. The lowest BCUT2D eigenvalue weighted by Gasteiger charge is -2.21. The number of anilines is 1. The molecule has 2 rings (SSSR count). The molecule has 20 heavy (non-hydrogen) atoms. The number of rotatable bonds is 5. The maximum absolute atomic E-state index is 11.5. The Balaban J connectivity index is 2.06. The average Bonchev–Trinajstić information content (AvgIpc) is 2.86. The Labute approximate surface area is 124 Å². The number of nitrogens with zero attached hydrogens (tertiary/aromatic N) is 1. The van der Waals surface area contributed by atoms with Crippen LogP contribution in [0.2, 0.25) is 0 Å². The maximum atomic E-state index is 11.5. The van der Waals surface area contributed by atoms with Gasteiger partial charge in [-0.2, -0.15) is 11.8 Å². The van der Waals surface area contributed by atoms with E-state index in [0.717, 1.165) is 11.6 Å². The molecule has 1 fully saturated rings. The van der Waals surface area contributed by atoms with Crippen LogP contribution in [0.3, 0.4) is 0 Å². The fourth-order valence-electron chi connectivity index (χ4n) is 2.66. The van der Waals surface area contributed by atoms with Gasteiger partial charge in [-0.15, -0.1) is 0 Å². The molecule has 1 aliphatic rings. The van der Waals surface area contributed by atoms with E-state index in [0.29, 0.717) is 22.5 Å². The summed E-state index contributed by atoms with van der Waals surface area (Å²) in [5, 5.41) is 4.19. The predicted octanol–water partition coefficient (Wildman–Crippen LogP) is 3.26. The first-order chi connectivity index (χ1) is 9.65. The number of esters is 1. The molecular weight excluding hydrogens is 272 g/mol. The van der Waals surface area contributed by atoms with Crippen molar-refractivity contribution in [3.63, 3.8) is 0 Å². The Hall–Kier alpha value is -1.23. The lowest BCUT2D eigenvalue weighted by Crippen LogP contribution is -2.26. The van der Waals surface area contributed by atoms with Crippen molar-refractivity contribution in [1.29, 1.82) is 0 Å². The molecule has 0 saturated heterocycles. The number of methoxy groups -OCH3 is 1. The highest BCUT2D eigenvalue weighted by molar-refractivity contribution is 7.99. The van der Waals surface area contributed by atoms with Gasteiger partial charge >= 0.3 is 5.97 Å². The van der Waals surface area contributed by atoms with Gasteiger partial charge < -0.3 is 10.1 Å². The topological polar surface area (TPSA) is 51.2 Å². The highest BCUT2D eigenvalue weighted by Crippen LogP contribution is 2.31. The SMILES string of the molecule is CCSC1CCCC1Nc1ccc(C(=O)OC)c(C)n1. The van der Waals surface area contributed by atoms with Gasteiger partial charge in [0.2, 0.25) is 0 Å². The minimum atomic E-state index is -0.332. The van der Waals surface area contributed by atoms with Crippen molar-refractivity contribution < 1.29 is 9.53 Å². The third-order valence-corrected chi connectivity index (χ3v) is 4.98. The Kier molecular flexibility index (Phi) is 5.29. The molecule has 0 amide bonds. The molecule has 2 atom stereocenters. The molecule has 1 aromatic rings. The standard InChI is InChI=1S/C15H22N2O2S/c1-4-20-13-7-5-6-12(13)17-14-9-8-11(10(2)16-14)15(18)19-3/h8-9,12-13H,4-7H2,1-3H3,(H,16,17). The lowest BCUT2D eigenvalue weighted by molar-refractivity contribution is 0.0599. The van der Waals surface area contributed by atoms with Gasteiger partial charge in [0, 0.05) is 11.3 Å². The Morgan fingerprint density at radius 1 is 1.50 bits per heavy atom. The van der Waals surface area contributed by atoms with Crippen molar-refractivity contribution in [3.8, 4) is 0 Å². The van der Waals surface area contributed by atoms with Crippen molar-refractivity contribution in [2.24, 2.45) is 0 Å². The summed E-state index contributed by atoms with van der Waals surface area (Å²) in [6.45, 7) is 4.04. The molecule has 4 nitrogen and oxygen atoms in total. The number of aryl methyl sites for hydroxylation is 1. The quantitative estimate of drug-likeness (QED) is 0.845. The number of thioether (sulfide) groups is 1. The van der Waals surface area contributed by atoms with Crippen LogP contribution < -0.4 is 5.32 Å². The number of nitrogens with one attached hydrogen (secondary N) is 1. The monoisotopic (exact) mass is 294 g/mol. The van der Waals surface area contributed by atoms with Crippen molar-refractivity contribution in [2.45, 2.75) is 44.4 Å². The molecule has 1 heterocycles. The average molecular weight is 294 g/mol. The van der Waals surface area contributed by atoms with Crippen LogP contribution in [0.1, 0.15) is 42.2 Å². The van der Waals surface area contributed by atoms with Crippen LogP contribution in [-0.2, 0) is 4.74 Å². The van der Waals surface area contributed by atoms with E-state index in [1.165, 1.54) is 26.4 Å². The highest BCUT2D eigenvalue weighted by atomic mass is 32.2. The number of carbonyl (C=O) groups excluding carboxylic acids is 1. The minimum absolute atomic E-state index is 0.332. The van der Waals surface area contributed by atoms with E-state index >= 15 is 0 Å². The lowest BCUT2D eigenvalue weighted by atomic mass is 10.2. The van der Waals surface area contributed by atoms with Crippen LogP contribution in [0.25, 0.3) is 0 Å². The molecule has 0 aromatic carbocycles. The Morgan fingerprint density at radius 3 is 2.95 bits per heavy atom. The van der Waals surface area contributed by atoms with Gasteiger partial charge in [-0.05, 0) is 37.7 Å². The molecular formula is C15H22N2O2S. The molecule has 1 saturated carbocycles. The first-order valence-corrected chi connectivity index (χ1v) is 8.14. The van der Waals surface area contributed by atoms with Crippen molar-refractivity contribution >= 4 is 23.5 Å². The van der Waals surface area contributed by atoms with Gasteiger partial charge in [0.15, 0.2) is 0 Å². The third kappa shape index (κ3) is 3.45. The second kappa shape index (κ2) is 6.97. The first kappa shape index (κ1) is 15.2. The number of carbonyl (C=O) groups is 1. The van der Waals surface area contributed by atoms with Gasteiger partial charge in [0.1, 0.15) is 5.82 Å². The summed E-state index contributed by atoms with van der Waals surface area (Å²) in [5.41, 5.74) is 1.24. The van der Waals surface area contributed by atoms with Crippen LogP contribution in [0, 0.1) is 6.92 Å². The number of aromatic nitrogens is 1. The van der Waals surface area contributed by atoms with Crippen molar-refractivity contribution in [1.82, 2.24) is 4.98 Å². The van der Waals surface area contributed by atoms with Gasteiger partial charge in [-0.25, -0.2) is 9.78 Å². The maximum Gasteiger partial charge on any atom is 0.339 e. The second-order valence-electron chi connectivity index (χ2n) is 5.00. The zero-order valence-electron chi connectivity index (χ0n) is 12.3. The molecule has 0 bridgehead atoms. The van der Waals surface area contributed by atoms with Crippen LogP contribution in [-0.4, -0.2) is 35.1 Å². The number of pyridine rings is 1. The summed E-state index contributed by atoms with van der Waals surface area (Å²) in [6, 6.07) is 4.13. The van der Waals surface area contributed by atoms with Crippen molar-refractivity contribution in [2.75, 3.05) is 18.2 Å². The van der Waals surface area contributed by atoms with Crippen LogP contribution in [0.4, 0.5) is 5.82 Å². The largest absolute Gasteiger partial charge is 0.465 e. The number of hydrogen-bond donors (Lipinski definition) is 1. The minimum Gasteiger partial charge on any atom is -0.465 e. The summed E-state index contributed by atoms with van der Waals surface area (Å²) < 4.78 is 4.74. The first-order valence-electron chi connectivity index (χ1n) is 7.09. The van der Waals surface area contributed by atoms with Crippen LogP contribution >= 0.6 is 11.8 Å². The van der Waals surface area contributed by atoms with E-state index in [9.17, 15) is 4.79 Å². The Morgan fingerprint density at radius 2 is 2.30 bits per heavy atom. The van der Waals surface area contributed by atoms with Gasteiger partial charge in [0.05, 0.1) is 18.4 Å². The predicted molar refractivity (Wildman–Crippen MR) is 83.5 cm³/mol. The smallest absolute Gasteiger partial charge is 0.339 e. The van der Waals surface area contributed by atoms with E-state index in [4.69, 9.17) is 4.74 Å². The summed E-state index contributed by atoms with van der Waals surface area (Å²) in [7, 11) is 1.39. The molecule has 0 aliphatic heterocycles. The zero-order valence-corrected chi connectivity index (χ0v) is 13.1. The van der Waals surface area contributed by atoms with Gasteiger partial charge in [0.25, 0.3) is 0 Å². The molecule has 110 valence electrons. The van der Waals surface area contributed by atoms with Gasteiger partial charge in [-0.3, -0.25) is 0 Å². The molecule has 5 heteroatoms. The molecule has 1 aliphatic carbocycles. The fraction of sp³-hybridized carbons (Fsp3) is 0.600. The van der Waals surface area contributed by atoms with E-state index < -0.39 is 0 Å². The zero-order chi connectivity index (χ0) is 14.5. The van der Waals surface area contributed by atoms with Crippen molar-refractivity contribution in [3.05, 3.63) is 23.4 Å². The summed E-state index contributed by atoms with van der Waals surface area (Å²) in [5.74, 6) is 1.67. The van der Waals surface area contributed by atoms with Crippen LogP contribution in [0.15, 0.2) is 12.1 Å². The summed E-state index contributed by atoms with van der Waals surface area (Å²) >= 11 is 2.02. The van der Waals surface area contributed by atoms with E-state index in [-0.39, 0.29) is 5.97 Å². The molecule has 2 unspecified atom stereocenters. The highest BCUT2D eigenvalue weighted by Gasteiger charge is 2.27.